The van der Waals surface area contributed by atoms with Gasteiger partial charge in [0.15, 0.2) is 5.71 Å². The smallest absolute Gasteiger partial charge is 0.213 e. The molecular weight excluding hydrogens is 506 g/mol. The molecule has 0 saturated carbocycles. The summed E-state index contributed by atoms with van der Waals surface area (Å²) in [6.07, 6.45) is 7.81. The molecule has 0 N–H and O–H groups in total. The lowest BCUT2D eigenvalue weighted by molar-refractivity contribution is -0.401. The fourth-order valence-corrected chi connectivity index (χ4v) is 5.23. The number of fused-ring (bicyclic) bond motifs is 3. The van der Waals surface area contributed by atoms with Crippen LogP contribution in [-0.2, 0) is 23.7 Å². The van der Waals surface area contributed by atoms with Crippen LogP contribution in [0.3, 0.4) is 0 Å². The molecule has 5 nitrogen and oxygen atoms in total. The van der Waals surface area contributed by atoms with Crippen LogP contribution in [-0.4, -0.2) is 39.0 Å². The number of benzene rings is 3. The van der Waals surface area contributed by atoms with Gasteiger partial charge in [-0.25, -0.2) is 0 Å². The van der Waals surface area contributed by atoms with Crippen LogP contribution in [0.5, 0.6) is 0 Å². The van der Waals surface area contributed by atoms with Gasteiger partial charge in [0.25, 0.3) is 0 Å². The Morgan fingerprint density at radius 1 is 0.780 bits per heavy atom. The predicted octanol–water partition coefficient (Wildman–Crippen LogP) is 7.59. The van der Waals surface area contributed by atoms with Gasteiger partial charge >= 0.3 is 0 Å². The third-order valence-corrected chi connectivity index (χ3v) is 7.81. The lowest BCUT2D eigenvalue weighted by Crippen LogP contribution is -2.02. The van der Waals surface area contributed by atoms with Crippen molar-refractivity contribution in [2.24, 2.45) is 14.1 Å². The van der Waals surface area contributed by atoms with Crippen LogP contribution >= 0.6 is 0 Å². The molecule has 41 heavy (non-hydrogen) atoms. The molecule has 6 rings (SSSR count). The lowest BCUT2D eigenvalue weighted by atomic mass is 10.0. The third kappa shape index (κ3) is 6.04. The van der Waals surface area contributed by atoms with E-state index in [9.17, 15) is 9.59 Å². The zero-order valence-electron chi connectivity index (χ0n) is 24.8. The normalized spacial score (nSPS) is 13.3. The van der Waals surface area contributed by atoms with E-state index in [2.05, 4.69) is 153 Å². The molecule has 0 amide bonds. The van der Waals surface area contributed by atoms with Crippen LogP contribution in [0.2, 0.25) is 0 Å². The van der Waals surface area contributed by atoms with E-state index in [0.717, 1.165) is 0 Å². The topological polar surface area (TPSA) is 47.0 Å². The monoisotopic (exact) mass is 544 g/mol. The first-order chi connectivity index (χ1) is 19.8. The summed E-state index contributed by atoms with van der Waals surface area (Å²) in [5.41, 5.74) is 11.7. The van der Waals surface area contributed by atoms with Gasteiger partial charge in [0.1, 0.15) is 19.6 Å². The van der Waals surface area contributed by atoms with Gasteiger partial charge in [-0.3, -0.25) is 0 Å². The van der Waals surface area contributed by atoms with Crippen molar-refractivity contribution in [2.75, 3.05) is 7.05 Å². The highest BCUT2D eigenvalue weighted by atomic mass is 16.1. The largest absolute Gasteiger partial charge is 0.348 e. The van der Waals surface area contributed by atoms with Crippen LogP contribution in [0.15, 0.2) is 91.0 Å². The van der Waals surface area contributed by atoms with E-state index in [1.165, 1.54) is 61.3 Å². The zero-order valence-corrected chi connectivity index (χ0v) is 24.8. The number of hydrogen-bond donors (Lipinski definition) is 0. The van der Waals surface area contributed by atoms with Crippen LogP contribution in [0.25, 0.3) is 33.5 Å². The van der Waals surface area contributed by atoms with E-state index in [1.54, 1.807) is 0 Å². The number of allylic oxidation sites excluding steroid dienone is 3. The maximum Gasteiger partial charge on any atom is 0.213 e. The highest BCUT2D eigenvalue weighted by molar-refractivity contribution is 6.24. The number of nitrogens with zero attached hydrogens (tertiary/aromatic N) is 3. The van der Waals surface area contributed by atoms with E-state index in [4.69, 9.17) is 0 Å². The first kappa shape index (κ1) is 29.2. The van der Waals surface area contributed by atoms with Crippen LogP contribution < -0.4 is 0 Å². The fraction of sp³-hybridized carbons (Fsp3) is 0.194. The molecule has 0 spiro atoms. The molecule has 3 aromatic carbocycles. The second-order valence-electron chi connectivity index (χ2n) is 10.1. The van der Waals surface area contributed by atoms with E-state index in [0.29, 0.717) is 12.6 Å². The Balaban J connectivity index is 0.000000199. The zero-order chi connectivity index (χ0) is 29.5. The Morgan fingerprint density at radius 2 is 1.41 bits per heavy atom. The maximum absolute atomic E-state index is 9.17. The van der Waals surface area contributed by atoms with Gasteiger partial charge in [-0.1, -0.05) is 60.7 Å². The van der Waals surface area contributed by atoms with Gasteiger partial charge in [0, 0.05) is 60.5 Å². The Morgan fingerprint density at radius 3 is 2.10 bits per heavy atom. The second kappa shape index (κ2) is 13.1. The average Bonchev–Trinajstić information content (AvgIpc) is 3.52. The third-order valence-electron chi connectivity index (χ3n) is 7.81. The van der Waals surface area contributed by atoms with E-state index < -0.39 is 0 Å². The van der Waals surface area contributed by atoms with Crippen molar-refractivity contribution in [3.63, 3.8) is 0 Å². The first-order valence-electron chi connectivity index (χ1n) is 13.8. The Hall–Kier alpha value is -4.77. The van der Waals surface area contributed by atoms with Crippen LogP contribution in [0.1, 0.15) is 35.9 Å². The number of hydrogen-bond acceptors (Lipinski definition) is 2. The summed E-state index contributed by atoms with van der Waals surface area (Å²) in [6.45, 7) is 6.49. The van der Waals surface area contributed by atoms with Gasteiger partial charge in [0.05, 0.1) is 17.6 Å². The molecule has 1 aliphatic heterocycles. The molecular formula is C36H38N3O2+. The number of aldehydes is 2. The maximum atomic E-state index is 9.17. The Bertz CT molecular complexity index is 1810. The highest BCUT2D eigenvalue weighted by Crippen LogP contribution is 2.33. The highest BCUT2D eigenvalue weighted by Gasteiger charge is 2.27. The Kier molecular flexibility index (Phi) is 9.30. The van der Waals surface area contributed by atoms with Gasteiger partial charge in [-0.15, -0.1) is 0 Å². The number of aromatic nitrogens is 2. The van der Waals surface area contributed by atoms with Gasteiger partial charge in [-0.05, 0) is 49.6 Å². The molecule has 0 aliphatic carbocycles. The molecule has 0 fully saturated rings. The van der Waals surface area contributed by atoms with Gasteiger partial charge in [-0.2, -0.15) is 4.58 Å². The van der Waals surface area contributed by atoms with Crippen molar-refractivity contribution >= 4 is 57.4 Å². The standard InChI is InChI=1S/C23H23N2.C10H11N.C3H4O2/c1-16-18(20-10-5-7-14-22(20)24(16)3)12-9-13-19-17(2)25(4)23-15-8-6-11-21(19)23;1-8-7-9-5-3-4-6-10(9)11(8)2;4-2-1-3-5/h5-15H,1-4H3;3-7H,1-2H3;2-3H,1H2/q+1;;. The minimum absolute atomic E-state index is 0.0278. The average molecular weight is 545 g/mol. The van der Waals surface area contributed by atoms with Crippen LogP contribution in [0, 0.1) is 13.8 Å². The molecule has 1 aliphatic rings. The minimum Gasteiger partial charge on any atom is -0.348 e. The molecule has 0 atom stereocenters. The summed E-state index contributed by atoms with van der Waals surface area (Å²) in [5.74, 6) is 0. The number of rotatable bonds is 4. The molecule has 0 saturated heterocycles. The summed E-state index contributed by atoms with van der Waals surface area (Å²) in [6, 6.07) is 27.8. The number of carbonyl (C=O) groups excluding carboxylic acids is 2. The Labute approximate surface area is 242 Å². The summed E-state index contributed by atoms with van der Waals surface area (Å²) in [4.78, 5) is 18.3. The van der Waals surface area contributed by atoms with Gasteiger partial charge < -0.3 is 18.7 Å². The number of aryl methyl sites for hydroxylation is 3. The van der Waals surface area contributed by atoms with Crippen molar-refractivity contribution in [3.8, 4) is 0 Å². The number of carbonyl (C=O) groups is 2. The summed E-state index contributed by atoms with van der Waals surface area (Å²) in [7, 11) is 6.36. The van der Waals surface area contributed by atoms with Crippen molar-refractivity contribution < 1.29 is 14.2 Å². The fourth-order valence-electron chi connectivity index (χ4n) is 5.23. The lowest BCUT2D eigenvalue weighted by Gasteiger charge is -1.97. The van der Waals surface area contributed by atoms with Crippen molar-refractivity contribution in [1.82, 2.24) is 9.13 Å². The van der Waals surface area contributed by atoms with E-state index in [1.807, 2.05) is 0 Å². The summed E-state index contributed by atoms with van der Waals surface area (Å²) < 4.78 is 6.73. The molecule has 0 bridgehead atoms. The second-order valence-corrected chi connectivity index (χ2v) is 10.1. The van der Waals surface area contributed by atoms with E-state index >= 15 is 0 Å². The van der Waals surface area contributed by atoms with Crippen LogP contribution in [0.4, 0.5) is 5.69 Å². The SMILES string of the molecule is CC1=[N+](C)c2ccccc2C1=C/C=C/c1c(C)n(C)c2ccccc12.Cc1cc2ccccc2n1C.O=CCC=O. The molecule has 0 radical (unpaired) electrons. The molecule has 5 aromatic rings. The molecule has 3 heterocycles. The summed E-state index contributed by atoms with van der Waals surface area (Å²) in [5, 5.41) is 2.63. The first-order valence-corrected chi connectivity index (χ1v) is 13.8. The molecule has 5 heteroatoms. The molecule has 2 aromatic heterocycles. The minimum atomic E-state index is 0.0278. The molecule has 0 unspecified atom stereocenters. The predicted molar refractivity (Wildman–Crippen MR) is 172 cm³/mol. The van der Waals surface area contributed by atoms with E-state index in [-0.39, 0.29) is 6.42 Å². The van der Waals surface area contributed by atoms with Crippen molar-refractivity contribution in [1.29, 1.82) is 0 Å². The van der Waals surface area contributed by atoms with Crippen molar-refractivity contribution in [3.05, 3.63) is 114 Å². The van der Waals surface area contributed by atoms with Gasteiger partial charge in [0.2, 0.25) is 5.69 Å². The number of para-hydroxylation sites is 3. The quantitative estimate of drug-likeness (QED) is 0.133. The van der Waals surface area contributed by atoms with Crippen molar-refractivity contribution in [2.45, 2.75) is 27.2 Å². The summed E-state index contributed by atoms with van der Waals surface area (Å²) >= 11 is 0. The molecule has 208 valence electrons.